The van der Waals surface area contributed by atoms with Gasteiger partial charge in [0.25, 0.3) is 5.78 Å². The Morgan fingerprint density at radius 1 is 0.968 bits per heavy atom. The average molecular weight is 440 g/mol. The Morgan fingerprint density at radius 2 is 1.55 bits per heavy atom. The SMILES string of the molecule is CC(CC(=O)OCC(=O)C(=O)O)Oc1ccc(OCc2ccc(C(F)(F)F)cc2)cc1. The summed E-state index contributed by atoms with van der Waals surface area (Å²) in [7, 11) is 0. The highest BCUT2D eigenvalue weighted by Gasteiger charge is 2.29. The van der Waals surface area contributed by atoms with E-state index in [1.807, 2.05) is 0 Å². The van der Waals surface area contributed by atoms with Crippen molar-refractivity contribution in [1.29, 1.82) is 0 Å². The van der Waals surface area contributed by atoms with Crippen LogP contribution in [-0.2, 0) is 31.9 Å². The zero-order valence-electron chi connectivity index (χ0n) is 16.3. The molecule has 166 valence electrons. The number of carboxylic acid groups (broad SMARTS) is 1. The highest BCUT2D eigenvalue weighted by Crippen LogP contribution is 2.29. The number of ketones is 1. The molecule has 0 spiro atoms. The number of hydrogen-bond acceptors (Lipinski definition) is 6. The molecule has 0 aromatic heterocycles. The van der Waals surface area contributed by atoms with Gasteiger partial charge in [-0.2, -0.15) is 13.2 Å². The fourth-order valence-electron chi connectivity index (χ4n) is 2.35. The molecule has 1 unspecified atom stereocenters. The molecule has 0 bridgehead atoms. The summed E-state index contributed by atoms with van der Waals surface area (Å²) in [6.45, 7) is 0.830. The normalized spacial score (nSPS) is 12.0. The monoisotopic (exact) mass is 440 g/mol. The predicted octanol–water partition coefficient (Wildman–Crippen LogP) is 3.64. The largest absolute Gasteiger partial charge is 0.490 e. The van der Waals surface area contributed by atoms with Gasteiger partial charge in [0.15, 0.2) is 6.61 Å². The number of carbonyl (C=O) groups is 3. The van der Waals surface area contributed by atoms with Gasteiger partial charge in [-0.15, -0.1) is 0 Å². The van der Waals surface area contributed by atoms with E-state index in [-0.39, 0.29) is 13.0 Å². The summed E-state index contributed by atoms with van der Waals surface area (Å²) >= 11 is 0. The number of Topliss-reactive ketones (excluding diaryl/α,β-unsaturated/α-hetero) is 1. The maximum atomic E-state index is 12.6. The smallest absolute Gasteiger partial charge is 0.416 e. The molecule has 0 amide bonds. The van der Waals surface area contributed by atoms with Gasteiger partial charge in [0, 0.05) is 0 Å². The molecule has 7 nitrogen and oxygen atoms in total. The fourth-order valence-corrected chi connectivity index (χ4v) is 2.35. The van der Waals surface area contributed by atoms with Crippen LogP contribution in [0.15, 0.2) is 48.5 Å². The van der Waals surface area contributed by atoms with Gasteiger partial charge >= 0.3 is 18.1 Å². The molecule has 0 heterocycles. The Labute approximate surface area is 175 Å². The minimum atomic E-state index is -4.39. The molecule has 0 aliphatic heterocycles. The van der Waals surface area contributed by atoms with Gasteiger partial charge in [0.1, 0.15) is 24.2 Å². The Balaban J connectivity index is 1.79. The first-order chi connectivity index (χ1) is 14.5. The Bertz CT molecular complexity index is 906. The molecule has 0 fully saturated rings. The lowest BCUT2D eigenvalue weighted by Gasteiger charge is -2.14. The molecule has 1 N–H and O–H groups in total. The molecule has 2 aromatic rings. The average Bonchev–Trinajstić information content (AvgIpc) is 2.71. The number of benzene rings is 2. The summed E-state index contributed by atoms with van der Waals surface area (Å²) < 4.78 is 53.3. The number of carboxylic acids is 1. The number of hydrogen-bond donors (Lipinski definition) is 1. The van der Waals surface area contributed by atoms with Crippen molar-refractivity contribution >= 4 is 17.7 Å². The van der Waals surface area contributed by atoms with Gasteiger partial charge in [-0.3, -0.25) is 9.59 Å². The number of alkyl halides is 3. The number of aliphatic carboxylic acids is 1. The summed E-state index contributed by atoms with van der Waals surface area (Å²) in [5.74, 6) is -2.81. The van der Waals surface area contributed by atoms with Crippen LogP contribution in [-0.4, -0.2) is 35.5 Å². The predicted molar refractivity (Wildman–Crippen MR) is 101 cm³/mol. The van der Waals surface area contributed by atoms with Crippen molar-refractivity contribution in [3.63, 3.8) is 0 Å². The molecular weight excluding hydrogens is 421 g/mol. The zero-order valence-corrected chi connectivity index (χ0v) is 16.3. The van der Waals surface area contributed by atoms with E-state index >= 15 is 0 Å². The summed E-state index contributed by atoms with van der Waals surface area (Å²) in [4.78, 5) is 32.8. The summed E-state index contributed by atoms with van der Waals surface area (Å²) in [5, 5.41) is 8.42. The molecule has 0 saturated carbocycles. The maximum Gasteiger partial charge on any atom is 0.416 e. The lowest BCUT2D eigenvalue weighted by Crippen LogP contribution is -2.24. The summed E-state index contributed by atoms with van der Waals surface area (Å²) in [6, 6.07) is 11.0. The third-order valence-corrected chi connectivity index (χ3v) is 3.90. The van der Waals surface area contributed by atoms with E-state index in [9.17, 15) is 27.6 Å². The maximum absolute atomic E-state index is 12.6. The quantitative estimate of drug-likeness (QED) is 0.445. The molecule has 31 heavy (non-hydrogen) atoms. The lowest BCUT2D eigenvalue weighted by atomic mass is 10.1. The van der Waals surface area contributed by atoms with Crippen molar-refractivity contribution in [2.24, 2.45) is 0 Å². The fraction of sp³-hybridized carbons (Fsp3) is 0.286. The second-order valence-electron chi connectivity index (χ2n) is 6.48. The van der Waals surface area contributed by atoms with Crippen LogP contribution < -0.4 is 9.47 Å². The second kappa shape index (κ2) is 10.5. The first kappa shape index (κ1) is 23.7. The van der Waals surface area contributed by atoms with Gasteiger partial charge in [-0.1, -0.05) is 12.1 Å². The van der Waals surface area contributed by atoms with Gasteiger partial charge < -0.3 is 19.3 Å². The van der Waals surface area contributed by atoms with Crippen molar-refractivity contribution in [2.45, 2.75) is 32.2 Å². The van der Waals surface area contributed by atoms with Crippen LogP contribution in [0.3, 0.4) is 0 Å². The lowest BCUT2D eigenvalue weighted by molar-refractivity contribution is -0.156. The van der Waals surface area contributed by atoms with Crippen LogP contribution in [0.2, 0.25) is 0 Å². The van der Waals surface area contributed by atoms with Crippen molar-refractivity contribution in [2.75, 3.05) is 6.61 Å². The van der Waals surface area contributed by atoms with E-state index < -0.39 is 42.2 Å². The Morgan fingerprint density at radius 3 is 2.10 bits per heavy atom. The Hall–Kier alpha value is -3.56. The number of halogens is 3. The van der Waals surface area contributed by atoms with Gasteiger partial charge in [-0.05, 0) is 48.9 Å². The molecule has 0 saturated heterocycles. The number of rotatable bonds is 10. The topological polar surface area (TPSA) is 99.1 Å². The number of esters is 1. The molecule has 0 aliphatic rings. The highest BCUT2D eigenvalue weighted by atomic mass is 19.4. The van der Waals surface area contributed by atoms with Crippen LogP contribution in [0.4, 0.5) is 13.2 Å². The zero-order chi connectivity index (χ0) is 23.0. The van der Waals surface area contributed by atoms with Crippen LogP contribution in [0, 0.1) is 0 Å². The van der Waals surface area contributed by atoms with Crippen LogP contribution in [0.1, 0.15) is 24.5 Å². The minimum Gasteiger partial charge on any atom is -0.490 e. The summed E-state index contributed by atoms with van der Waals surface area (Å²) in [5.41, 5.74) is -0.161. The molecule has 1 atom stereocenters. The molecule has 10 heteroatoms. The van der Waals surface area contributed by atoms with E-state index in [0.717, 1.165) is 12.1 Å². The van der Waals surface area contributed by atoms with E-state index in [0.29, 0.717) is 17.1 Å². The number of ether oxygens (including phenoxy) is 3. The standard InChI is InChI=1S/C21H19F3O7/c1-13(10-19(26)30-12-18(25)20(27)28)31-17-8-6-16(7-9-17)29-11-14-2-4-15(5-3-14)21(22,23)24/h2-9,13H,10-12H2,1H3,(H,27,28). The van der Waals surface area contributed by atoms with E-state index in [2.05, 4.69) is 4.74 Å². The highest BCUT2D eigenvalue weighted by molar-refractivity contribution is 6.33. The third-order valence-electron chi connectivity index (χ3n) is 3.90. The van der Waals surface area contributed by atoms with Crippen molar-refractivity contribution in [3.05, 3.63) is 59.7 Å². The number of carbonyl (C=O) groups excluding carboxylic acids is 2. The van der Waals surface area contributed by atoms with Crippen LogP contribution >= 0.6 is 0 Å². The third kappa shape index (κ3) is 8.00. The van der Waals surface area contributed by atoms with E-state index in [1.54, 1.807) is 31.2 Å². The van der Waals surface area contributed by atoms with Gasteiger partial charge in [0.05, 0.1) is 12.0 Å². The first-order valence-corrected chi connectivity index (χ1v) is 9.02. The molecule has 2 rings (SSSR count). The first-order valence-electron chi connectivity index (χ1n) is 9.02. The van der Waals surface area contributed by atoms with Gasteiger partial charge in [0.2, 0.25) is 0 Å². The van der Waals surface area contributed by atoms with Crippen molar-refractivity contribution < 1.29 is 46.9 Å². The molecule has 2 aromatic carbocycles. The van der Waals surface area contributed by atoms with Crippen LogP contribution in [0.5, 0.6) is 11.5 Å². The molecule has 0 radical (unpaired) electrons. The van der Waals surface area contributed by atoms with Crippen molar-refractivity contribution in [1.82, 2.24) is 0 Å². The molecule has 0 aliphatic carbocycles. The van der Waals surface area contributed by atoms with Crippen LogP contribution in [0.25, 0.3) is 0 Å². The summed E-state index contributed by atoms with van der Waals surface area (Å²) in [6.07, 6.45) is -5.19. The second-order valence-corrected chi connectivity index (χ2v) is 6.48. The minimum absolute atomic E-state index is 0.0790. The molecular formula is C21H19F3O7. The van der Waals surface area contributed by atoms with E-state index in [4.69, 9.17) is 14.6 Å². The Kier molecular flexibility index (Phi) is 8.00. The van der Waals surface area contributed by atoms with Gasteiger partial charge in [-0.25, -0.2) is 4.79 Å². The van der Waals surface area contributed by atoms with E-state index in [1.165, 1.54) is 12.1 Å². The van der Waals surface area contributed by atoms with Crippen molar-refractivity contribution in [3.8, 4) is 11.5 Å².